The molecule has 0 aliphatic carbocycles. The molecule has 38 valence electrons. The maximum Gasteiger partial charge on any atom is 2.00 e. The van der Waals surface area contributed by atoms with Crippen molar-refractivity contribution in [3.8, 4) is 0 Å². The van der Waals surface area contributed by atoms with Gasteiger partial charge in [-0.05, 0) is 0 Å². The van der Waals surface area contributed by atoms with Crippen molar-refractivity contribution in [2.24, 2.45) is 5.73 Å². The van der Waals surface area contributed by atoms with Gasteiger partial charge in [-0.3, -0.25) is 0 Å². The van der Waals surface area contributed by atoms with Crippen molar-refractivity contribution in [2.75, 3.05) is 6.54 Å². The van der Waals surface area contributed by atoms with Crippen LogP contribution >= 0.6 is 0 Å². The molecule has 0 bridgehead atoms. The summed E-state index contributed by atoms with van der Waals surface area (Å²) < 4.78 is 0. The van der Waals surface area contributed by atoms with Crippen LogP contribution in [-0.4, -0.2) is 50.3 Å². The van der Waals surface area contributed by atoms with Gasteiger partial charge in [0, 0.05) is 6.54 Å². The molecule has 0 unspecified atom stereocenters. The van der Waals surface area contributed by atoms with Gasteiger partial charge in [-0.25, -0.2) is 0 Å². The Balaban J connectivity index is -0.0000000800. The Bertz CT molecular complexity index is 51.0. The quantitative estimate of drug-likeness (QED) is 0.378. The zero-order valence-electron chi connectivity index (χ0n) is 3.69. The Morgan fingerprint density at radius 2 is 1.86 bits per heavy atom. The second kappa shape index (κ2) is 10.1. The van der Waals surface area contributed by atoms with Crippen LogP contribution in [0.4, 0.5) is 0 Å². The van der Waals surface area contributed by atoms with Crippen molar-refractivity contribution in [3.05, 3.63) is 0 Å². The Labute approximate surface area is 77.7 Å². The smallest absolute Gasteiger partial charge is 1.00 e. The number of hydrogen-bond acceptors (Lipinski definition) is 3. The van der Waals surface area contributed by atoms with Gasteiger partial charge >= 0.3 is 37.7 Å². The first-order valence-corrected chi connectivity index (χ1v) is 1.17. The molecular formula is C2H4CaClNO2. The molecule has 7 heavy (non-hydrogen) atoms. The molecule has 0 heterocycles. The molecule has 0 radical (unpaired) electrons. The fraction of sp³-hybridized carbons (Fsp3) is 0.500. The van der Waals surface area contributed by atoms with Crippen molar-refractivity contribution < 1.29 is 22.3 Å². The van der Waals surface area contributed by atoms with Gasteiger partial charge in [0.2, 0.25) is 0 Å². The normalized spacial score (nSPS) is 5.29. The molecule has 3 nitrogen and oxygen atoms in total. The van der Waals surface area contributed by atoms with Crippen LogP contribution in [0.25, 0.3) is 0 Å². The second-order valence-electron chi connectivity index (χ2n) is 0.576. The summed E-state index contributed by atoms with van der Waals surface area (Å²) in [6.45, 7) is -0.389. The number of carbonyl (C=O) groups excluding carboxylic acids is 1. The predicted molar refractivity (Wildman–Crippen MR) is 19.8 cm³/mol. The van der Waals surface area contributed by atoms with Gasteiger partial charge in [-0.1, -0.05) is 0 Å². The van der Waals surface area contributed by atoms with Crippen LogP contribution in [-0.2, 0) is 4.79 Å². The van der Waals surface area contributed by atoms with E-state index < -0.39 is 5.97 Å². The average Bonchev–Trinajstić information content (AvgIpc) is 1.38. The zero-order valence-corrected chi connectivity index (χ0v) is 6.65. The van der Waals surface area contributed by atoms with E-state index in [2.05, 4.69) is 5.73 Å². The van der Waals surface area contributed by atoms with Crippen LogP contribution in [0, 0.1) is 0 Å². The standard InChI is InChI=1S/C2H5NO2.Ca.ClH/c3-1-2(4)5;;/h1,3H2,(H,4,5);;1H/q;+2;/p-2. The van der Waals surface area contributed by atoms with Gasteiger partial charge in [0.1, 0.15) is 0 Å². The Morgan fingerprint density at radius 1 is 1.71 bits per heavy atom. The van der Waals surface area contributed by atoms with E-state index in [0.717, 1.165) is 0 Å². The number of aliphatic carboxylic acids is 1. The molecule has 0 amide bonds. The van der Waals surface area contributed by atoms with Crippen molar-refractivity contribution in [1.29, 1.82) is 0 Å². The molecule has 0 atom stereocenters. The molecule has 0 saturated carbocycles. The molecule has 0 aliphatic heterocycles. The van der Waals surface area contributed by atoms with Crippen LogP contribution in [0.3, 0.4) is 0 Å². The summed E-state index contributed by atoms with van der Waals surface area (Å²) in [5.41, 5.74) is 4.51. The maximum absolute atomic E-state index is 9.13. The molecule has 0 rings (SSSR count). The fourth-order valence-corrected chi connectivity index (χ4v) is 0. The predicted octanol–water partition coefficient (Wildman–Crippen LogP) is -5.68. The van der Waals surface area contributed by atoms with Crippen molar-refractivity contribution in [2.45, 2.75) is 0 Å². The van der Waals surface area contributed by atoms with Gasteiger partial charge < -0.3 is 28.0 Å². The van der Waals surface area contributed by atoms with Crippen LogP contribution < -0.4 is 23.2 Å². The molecule has 0 aliphatic rings. The first kappa shape index (κ1) is 15.7. The van der Waals surface area contributed by atoms with Gasteiger partial charge in [0.25, 0.3) is 0 Å². The molecule has 0 spiro atoms. The number of hydrogen-bond donors (Lipinski definition) is 1. The number of carboxylic acids is 1. The van der Waals surface area contributed by atoms with Gasteiger partial charge in [-0.15, -0.1) is 0 Å². The SMILES string of the molecule is NCC(=O)[O-].[Ca+2].[Cl-]. The molecule has 0 aromatic heterocycles. The first-order chi connectivity index (χ1) is 2.27. The summed E-state index contributed by atoms with van der Waals surface area (Å²) in [5.74, 6) is -1.22. The summed E-state index contributed by atoms with van der Waals surface area (Å²) >= 11 is 0. The monoisotopic (exact) mass is 149 g/mol. The first-order valence-electron chi connectivity index (χ1n) is 1.17. The minimum atomic E-state index is -1.22. The Morgan fingerprint density at radius 3 is 1.86 bits per heavy atom. The van der Waals surface area contributed by atoms with E-state index in [1.54, 1.807) is 0 Å². The second-order valence-corrected chi connectivity index (χ2v) is 0.576. The van der Waals surface area contributed by atoms with E-state index in [0.29, 0.717) is 0 Å². The summed E-state index contributed by atoms with van der Waals surface area (Å²) in [4.78, 5) is 9.13. The van der Waals surface area contributed by atoms with Crippen LogP contribution in [0.1, 0.15) is 0 Å². The summed E-state index contributed by atoms with van der Waals surface area (Å²) in [7, 11) is 0. The third-order valence-electron chi connectivity index (χ3n) is 0.167. The van der Waals surface area contributed by atoms with Gasteiger partial charge in [0.15, 0.2) is 0 Å². The van der Waals surface area contributed by atoms with E-state index in [-0.39, 0.29) is 56.7 Å². The molecule has 2 N–H and O–H groups in total. The van der Waals surface area contributed by atoms with E-state index >= 15 is 0 Å². The molecule has 0 saturated heterocycles. The molecular weight excluding hydrogens is 146 g/mol. The van der Waals surface area contributed by atoms with Gasteiger partial charge in [0.05, 0.1) is 5.97 Å². The third kappa shape index (κ3) is 19.5. The summed E-state index contributed by atoms with van der Waals surface area (Å²) in [6, 6.07) is 0. The number of nitrogens with two attached hydrogens (primary N) is 1. The van der Waals surface area contributed by atoms with Crippen LogP contribution in [0.5, 0.6) is 0 Å². The van der Waals surface area contributed by atoms with Gasteiger partial charge in [-0.2, -0.15) is 0 Å². The van der Waals surface area contributed by atoms with Crippen LogP contribution in [0.2, 0.25) is 0 Å². The van der Waals surface area contributed by atoms with Crippen molar-refractivity contribution in [3.63, 3.8) is 0 Å². The molecule has 0 aromatic rings. The van der Waals surface area contributed by atoms with E-state index in [1.807, 2.05) is 0 Å². The number of carboxylic acid groups (broad SMARTS) is 1. The Kier molecular flexibility index (Phi) is 22.5. The summed E-state index contributed by atoms with van der Waals surface area (Å²) in [6.07, 6.45) is 0. The topological polar surface area (TPSA) is 66.2 Å². The molecule has 5 heteroatoms. The van der Waals surface area contributed by atoms with Crippen LogP contribution in [0.15, 0.2) is 0 Å². The number of halogens is 1. The maximum atomic E-state index is 9.13. The molecule has 0 fully saturated rings. The van der Waals surface area contributed by atoms with E-state index in [1.165, 1.54) is 0 Å². The minimum Gasteiger partial charge on any atom is -1.00 e. The van der Waals surface area contributed by atoms with Crippen molar-refractivity contribution in [1.82, 2.24) is 0 Å². The Hall–Kier alpha value is 0.980. The molecule has 0 aromatic carbocycles. The number of carbonyl (C=O) groups is 1. The average molecular weight is 150 g/mol. The fourth-order valence-electron chi connectivity index (χ4n) is 0. The van der Waals surface area contributed by atoms with E-state index in [4.69, 9.17) is 9.90 Å². The van der Waals surface area contributed by atoms with Crippen molar-refractivity contribution >= 4 is 43.7 Å². The zero-order chi connectivity index (χ0) is 4.28. The largest absolute Gasteiger partial charge is 2.00 e. The minimum absolute atomic E-state index is 0. The summed E-state index contributed by atoms with van der Waals surface area (Å²) in [5, 5.41) is 9.13. The van der Waals surface area contributed by atoms with E-state index in [9.17, 15) is 0 Å². The third-order valence-corrected chi connectivity index (χ3v) is 0.167. The number of rotatable bonds is 1.